The Hall–Kier alpha value is -3.85. The number of hydrogen-bond acceptors (Lipinski definition) is 5. The van der Waals surface area contributed by atoms with Gasteiger partial charge in [0.2, 0.25) is 0 Å². The number of nitrogens with zero attached hydrogens (tertiary/aromatic N) is 1. The number of halogens is 3. The van der Waals surface area contributed by atoms with Crippen LogP contribution in [0.1, 0.15) is 27.0 Å². The number of alkyl halides is 3. The zero-order valence-corrected chi connectivity index (χ0v) is 18.3. The second-order valence-corrected chi connectivity index (χ2v) is 8.24. The van der Waals surface area contributed by atoms with Gasteiger partial charge in [-0.3, -0.25) is 9.79 Å². The van der Waals surface area contributed by atoms with Crippen molar-refractivity contribution in [3.05, 3.63) is 106 Å². The molecule has 9 heteroatoms. The van der Waals surface area contributed by atoms with Crippen LogP contribution in [0.3, 0.4) is 0 Å². The van der Waals surface area contributed by atoms with Crippen molar-refractivity contribution in [2.45, 2.75) is 12.7 Å². The predicted octanol–water partition coefficient (Wildman–Crippen LogP) is 5.68. The Morgan fingerprint density at radius 2 is 1.74 bits per heavy atom. The summed E-state index contributed by atoms with van der Waals surface area (Å²) in [6, 6.07) is 20.0. The van der Waals surface area contributed by atoms with Gasteiger partial charge in [-0.2, -0.15) is 13.2 Å². The number of rotatable bonds is 5. The maximum absolute atomic E-state index is 12.7. The number of thioether (sulfide) groups is 1. The molecule has 1 saturated heterocycles. The first-order valence-corrected chi connectivity index (χ1v) is 10.9. The average molecular weight is 482 g/mol. The quantitative estimate of drug-likeness (QED) is 0.289. The highest BCUT2D eigenvalue weighted by atomic mass is 32.2. The zero-order chi connectivity index (χ0) is 24.1. The molecular formula is C25H17F3N2O3S. The lowest BCUT2D eigenvalue weighted by Gasteiger charge is -2.06. The third-order valence-corrected chi connectivity index (χ3v) is 5.66. The molecule has 4 rings (SSSR count). The minimum absolute atomic E-state index is 0.124. The van der Waals surface area contributed by atoms with E-state index < -0.39 is 17.7 Å². The summed E-state index contributed by atoms with van der Waals surface area (Å²) in [6.07, 6.45) is -2.75. The number of amides is 1. The minimum atomic E-state index is -4.39. The Morgan fingerprint density at radius 3 is 2.44 bits per heavy atom. The van der Waals surface area contributed by atoms with Gasteiger partial charge in [0.05, 0.1) is 22.6 Å². The van der Waals surface area contributed by atoms with Gasteiger partial charge in [0.1, 0.15) is 5.75 Å². The zero-order valence-electron chi connectivity index (χ0n) is 17.5. The summed E-state index contributed by atoms with van der Waals surface area (Å²) >= 11 is 1.12. The van der Waals surface area contributed by atoms with Gasteiger partial charge in [-0.1, -0.05) is 42.5 Å². The topological polar surface area (TPSA) is 67.8 Å². The van der Waals surface area contributed by atoms with Gasteiger partial charge in [-0.15, -0.1) is 0 Å². The van der Waals surface area contributed by atoms with Crippen LogP contribution in [0.25, 0.3) is 6.08 Å². The maximum atomic E-state index is 12.7. The molecule has 0 aliphatic carbocycles. The van der Waals surface area contributed by atoms with E-state index in [0.717, 1.165) is 23.9 Å². The summed E-state index contributed by atoms with van der Waals surface area (Å²) in [5, 5.41) is 2.99. The van der Waals surface area contributed by atoms with Crippen LogP contribution in [0.4, 0.5) is 13.2 Å². The molecule has 0 unspecified atom stereocenters. The van der Waals surface area contributed by atoms with Gasteiger partial charge in [0, 0.05) is 0 Å². The van der Waals surface area contributed by atoms with Crippen molar-refractivity contribution in [2.24, 2.45) is 4.99 Å². The van der Waals surface area contributed by atoms with Crippen molar-refractivity contribution in [3.8, 4) is 5.75 Å². The maximum Gasteiger partial charge on any atom is 0.416 e. The average Bonchev–Trinajstić information content (AvgIpc) is 3.17. The molecule has 0 radical (unpaired) electrons. The third-order valence-electron chi connectivity index (χ3n) is 4.71. The Labute approximate surface area is 197 Å². The van der Waals surface area contributed by atoms with Crippen LogP contribution in [0, 0.1) is 0 Å². The highest BCUT2D eigenvalue weighted by Crippen LogP contribution is 2.30. The number of aliphatic imine (C=N–C) groups is 1. The number of amidine groups is 1. The lowest BCUT2D eigenvalue weighted by atomic mass is 10.1. The second-order valence-electron chi connectivity index (χ2n) is 7.21. The van der Waals surface area contributed by atoms with E-state index in [-0.39, 0.29) is 12.5 Å². The van der Waals surface area contributed by atoms with Gasteiger partial charge in [0.15, 0.2) is 5.17 Å². The molecule has 1 amide bonds. The Balaban J connectivity index is 1.41. The van der Waals surface area contributed by atoms with E-state index in [2.05, 4.69) is 10.3 Å². The van der Waals surface area contributed by atoms with Crippen molar-refractivity contribution in [3.63, 3.8) is 0 Å². The van der Waals surface area contributed by atoms with Crippen molar-refractivity contribution in [1.82, 2.24) is 5.32 Å². The molecule has 3 aromatic carbocycles. The fraction of sp³-hybridized carbons (Fsp3) is 0.0800. The van der Waals surface area contributed by atoms with E-state index in [9.17, 15) is 22.8 Å². The van der Waals surface area contributed by atoms with Crippen LogP contribution >= 0.6 is 11.8 Å². The van der Waals surface area contributed by atoms with Crippen molar-refractivity contribution < 1.29 is 27.5 Å². The van der Waals surface area contributed by atoms with E-state index in [0.29, 0.717) is 32.5 Å². The SMILES string of the molecule is O=C1NC(=NCc2ccc(C(F)(F)F)cc2)SC1=Cc1cccc(OC(=O)c2ccccc2)c1. The largest absolute Gasteiger partial charge is 0.423 e. The van der Waals surface area contributed by atoms with Crippen LogP contribution in [-0.2, 0) is 17.5 Å². The molecule has 0 aromatic heterocycles. The number of nitrogens with one attached hydrogen (secondary N) is 1. The van der Waals surface area contributed by atoms with Crippen LogP contribution < -0.4 is 10.1 Å². The van der Waals surface area contributed by atoms with Crippen LogP contribution in [-0.4, -0.2) is 17.0 Å². The van der Waals surface area contributed by atoms with Crippen molar-refractivity contribution >= 4 is 34.9 Å². The lowest BCUT2D eigenvalue weighted by Crippen LogP contribution is -2.19. The molecule has 172 valence electrons. The number of carbonyl (C=O) groups excluding carboxylic acids is 2. The van der Waals surface area contributed by atoms with Gasteiger partial charge in [-0.25, -0.2) is 4.79 Å². The number of carbonyl (C=O) groups is 2. The monoisotopic (exact) mass is 482 g/mol. The summed E-state index contributed by atoms with van der Waals surface area (Å²) < 4.78 is 43.4. The van der Waals surface area contributed by atoms with Crippen molar-refractivity contribution in [1.29, 1.82) is 0 Å². The first-order valence-electron chi connectivity index (χ1n) is 10.1. The van der Waals surface area contributed by atoms with Crippen molar-refractivity contribution in [2.75, 3.05) is 0 Å². The highest BCUT2D eigenvalue weighted by molar-refractivity contribution is 8.18. The molecule has 1 aliphatic rings. The molecule has 3 aromatic rings. The van der Waals surface area contributed by atoms with Gasteiger partial charge in [0.25, 0.3) is 5.91 Å². The summed E-state index contributed by atoms with van der Waals surface area (Å²) in [5.74, 6) is -0.498. The number of esters is 1. The Bertz CT molecular complexity index is 1270. The Morgan fingerprint density at radius 1 is 1.00 bits per heavy atom. The van der Waals surface area contributed by atoms with Crippen LogP contribution in [0.5, 0.6) is 5.75 Å². The van der Waals surface area contributed by atoms with Gasteiger partial charge >= 0.3 is 12.1 Å². The third kappa shape index (κ3) is 5.93. The summed E-state index contributed by atoms with van der Waals surface area (Å²) in [7, 11) is 0. The summed E-state index contributed by atoms with van der Waals surface area (Å²) in [5.41, 5.74) is 0.931. The fourth-order valence-electron chi connectivity index (χ4n) is 3.02. The molecule has 0 atom stereocenters. The Kier molecular flexibility index (Phi) is 6.83. The first kappa shape index (κ1) is 23.3. The van der Waals surface area contributed by atoms with E-state index in [4.69, 9.17) is 4.74 Å². The lowest BCUT2D eigenvalue weighted by molar-refractivity contribution is -0.137. The number of hydrogen-bond donors (Lipinski definition) is 1. The molecule has 0 bridgehead atoms. The predicted molar refractivity (Wildman–Crippen MR) is 124 cm³/mol. The molecule has 0 saturated carbocycles. The standard InChI is InChI=1S/C25H17F3N2O3S/c26-25(27,28)19-11-9-16(10-12-19)15-29-24-30-22(31)21(34-24)14-17-5-4-8-20(13-17)33-23(32)18-6-2-1-3-7-18/h1-14H,15H2,(H,29,30,31). The van der Waals surface area contributed by atoms with E-state index in [1.165, 1.54) is 12.1 Å². The minimum Gasteiger partial charge on any atom is -0.423 e. The van der Waals surface area contributed by atoms with E-state index >= 15 is 0 Å². The van der Waals surface area contributed by atoms with Crippen LogP contribution in [0.2, 0.25) is 0 Å². The molecule has 34 heavy (non-hydrogen) atoms. The molecule has 0 spiro atoms. The smallest absolute Gasteiger partial charge is 0.416 e. The second kappa shape index (κ2) is 9.96. The molecule has 1 N–H and O–H groups in total. The fourth-order valence-corrected chi connectivity index (χ4v) is 3.84. The molecule has 1 aliphatic heterocycles. The molecule has 1 heterocycles. The van der Waals surface area contributed by atoms with E-state index in [1.807, 2.05) is 0 Å². The molecule has 1 fully saturated rings. The highest BCUT2D eigenvalue weighted by Gasteiger charge is 2.30. The van der Waals surface area contributed by atoms with E-state index in [1.54, 1.807) is 60.7 Å². The molecular weight excluding hydrogens is 465 g/mol. The normalized spacial score (nSPS) is 16.0. The van der Waals surface area contributed by atoms with Gasteiger partial charge in [-0.05, 0) is 65.4 Å². The first-order chi connectivity index (χ1) is 16.3. The summed E-state index contributed by atoms with van der Waals surface area (Å²) in [4.78, 5) is 29.2. The molecule has 5 nitrogen and oxygen atoms in total. The summed E-state index contributed by atoms with van der Waals surface area (Å²) in [6.45, 7) is 0.124. The van der Waals surface area contributed by atoms with Crippen LogP contribution in [0.15, 0.2) is 88.8 Å². The number of ether oxygens (including phenoxy) is 1. The number of benzene rings is 3. The van der Waals surface area contributed by atoms with Gasteiger partial charge < -0.3 is 10.1 Å².